The molecule has 0 saturated heterocycles. The summed E-state index contributed by atoms with van der Waals surface area (Å²) in [7, 11) is 1.67. The molecular formula is C21H13ClF3N5O. The largest absolute Gasteiger partial charge is 0.416 e. The van der Waals surface area contributed by atoms with Gasteiger partial charge in [-0.25, -0.2) is 9.67 Å². The van der Waals surface area contributed by atoms with E-state index >= 15 is 0 Å². The van der Waals surface area contributed by atoms with Gasteiger partial charge in [0, 0.05) is 17.6 Å². The van der Waals surface area contributed by atoms with Crippen LogP contribution >= 0.6 is 11.6 Å². The highest BCUT2D eigenvalue weighted by molar-refractivity contribution is 6.30. The summed E-state index contributed by atoms with van der Waals surface area (Å²) in [6.07, 6.45) is -2.96. The summed E-state index contributed by atoms with van der Waals surface area (Å²) in [6.45, 7) is 0. The van der Waals surface area contributed by atoms with E-state index in [1.54, 1.807) is 37.5 Å². The predicted octanol–water partition coefficient (Wildman–Crippen LogP) is 4.94. The lowest BCUT2D eigenvalue weighted by Gasteiger charge is -2.09. The molecule has 0 atom stereocenters. The predicted molar refractivity (Wildman–Crippen MR) is 111 cm³/mol. The van der Waals surface area contributed by atoms with Gasteiger partial charge < -0.3 is 0 Å². The summed E-state index contributed by atoms with van der Waals surface area (Å²) in [5, 5.41) is 8.51. The molecule has 0 aliphatic heterocycles. The van der Waals surface area contributed by atoms with E-state index in [0.717, 1.165) is 12.1 Å². The maximum absolute atomic E-state index is 13.3. The van der Waals surface area contributed by atoms with E-state index in [1.807, 2.05) is 0 Å². The number of nitrogens with one attached hydrogen (secondary N) is 1. The molecule has 3 heterocycles. The summed E-state index contributed by atoms with van der Waals surface area (Å²) in [4.78, 5) is 17.9. The lowest BCUT2D eigenvalue weighted by Crippen LogP contribution is -2.14. The molecule has 6 nitrogen and oxygen atoms in total. The molecule has 156 valence electrons. The maximum atomic E-state index is 13.3. The molecule has 0 saturated carbocycles. The Kier molecular flexibility index (Phi) is 4.19. The number of benzene rings is 2. The van der Waals surface area contributed by atoms with Gasteiger partial charge in [0.2, 0.25) is 0 Å². The first-order valence-electron chi connectivity index (χ1n) is 9.14. The van der Waals surface area contributed by atoms with Gasteiger partial charge >= 0.3 is 6.18 Å². The third kappa shape index (κ3) is 3.09. The fraction of sp³-hybridized carbons (Fsp3) is 0.0952. The Bertz CT molecular complexity index is 1510. The van der Waals surface area contributed by atoms with E-state index in [9.17, 15) is 18.0 Å². The minimum atomic E-state index is -4.52. The van der Waals surface area contributed by atoms with Crippen LogP contribution in [0.3, 0.4) is 0 Å². The van der Waals surface area contributed by atoms with Crippen molar-refractivity contribution in [2.24, 2.45) is 7.05 Å². The van der Waals surface area contributed by atoms with E-state index < -0.39 is 17.3 Å². The van der Waals surface area contributed by atoms with Crippen molar-refractivity contribution in [3.63, 3.8) is 0 Å². The zero-order valence-corrected chi connectivity index (χ0v) is 16.7. The zero-order valence-electron chi connectivity index (χ0n) is 15.9. The first-order valence-corrected chi connectivity index (χ1v) is 9.52. The lowest BCUT2D eigenvalue weighted by molar-refractivity contribution is -0.137. The van der Waals surface area contributed by atoms with Crippen LogP contribution in [0.5, 0.6) is 0 Å². The number of halogens is 4. The number of aryl methyl sites for hydroxylation is 1. The summed E-state index contributed by atoms with van der Waals surface area (Å²) in [5.41, 5.74) is 0.461. The Balaban J connectivity index is 1.87. The molecule has 2 aromatic carbocycles. The highest BCUT2D eigenvalue weighted by atomic mass is 35.5. The number of H-pyrrole nitrogens is 1. The minimum absolute atomic E-state index is 0.145. The summed E-state index contributed by atoms with van der Waals surface area (Å²) < 4.78 is 42.7. The fourth-order valence-electron chi connectivity index (χ4n) is 3.58. The van der Waals surface area contributed by atoms with Crippen molar-refractivity contribution in [2.45, 2.75) is 6.18 Å². The van der Waals surface area contributed by atoms with E-state index in [4.69, 9.17) is 11.6 Å². The second-order valence-corrected chi connectivity index (χ2v) is 7.46. The molecule has 0 spiro atoms. The fourth-order valence-corrected chi connectivity index (χ4v) is 3.70. The van der Waals surface area contributed by atoms with Gasteiger partial charge in [0.25, 0.3) is 5.56 Å². The SMILES string of the molecule is Cn1ncc2c3[nH]n(-c4ccc(Cl)cc4)c(=O)c3c(-c3cccc(C(F)(F)F)c3)nc21. The molecule has 0 aliphatic rings. The molecule has 0 fully saturated rings. The Morgan fingerprint density at radius 3 is 2.55 bits per heavy atom. The molecule has 0 radical (unpaired) electrons. The van der Waals surface area contributed by atoms with Crippen molar-refractivity contribution in [3.8, 4) is 16.9 Å². The van der Waals surface area contributed by atoms with Gasteiger partial charge in [-0.2, -0.15) is 18.3 Å². The molecule has 31 heavy (non-hydrogen) atoms. The van der Waals surface area contributed by atoms with Crippen LogP contribution in [0.4, 0.5) is 13.2 Å². The van der Waals surface area contributed by atoms with Crippen LogP contribution in [0.25, 0.3) is 38.9 Å². The minimum Gasteiger partial charge on any atom is -0.289 e. The third-order valence-corrected chi connectivity index (χ3v) is 5.32. The number of alkyl halides is 3. The second kappa shape index (κ2) is 6.71. The van der Waals surface area contributed by atoms with E-state index in [2.05, 4.69) is 15.2 Å². The van der Waals surface area contributed by atoms with Crippen LogP contribution in [-0.2, 0) is 13.2 Å². The second-order valence-electron chi connectivity index (χ2n) is 7.02. The topological polar surface area (TPSA) is 68.5 Å². The van der Waals surface area contributed by atoms with Gasteiger partial charge in [-0.05, 0) is 36.4 Å². The lowest BCUT2D eigenvalue weighted by atomic mass is 10.0. The van der Waals surface area contributed by atoms with Gasteiger partial charge in [0.15, 0.2) is 5.65 Å². The Morgan fingerprint density at radius 2 is 1.84 bits per heavy atom. The smallest absolute Gasteiger partial charge is 0.289 e. The van der Waals surface area contributed by atoms with Crippen LogP contribution in [-0.4, -0.2) is 24.5 Å². The number of hydrogen-bond acceptors (Lipinski definition) is 3. The van der Waals surface area contributed by atoms with E-state index in [1.165, 1.54) is 21.5 Å². The first-order chi connectivity index (χ1) is 14.7. The maximum Gasteiger partial charge on any atom is 0.416 e. The average molecular weight is 444 g/mol. The Morgan fingerprint density at radius 1 is 1.10 bits per heavy atom. The monoisotopic (exact) mass is 443 g/mol. The number of fused-ring (bicyclic) bond motifs is 3. The van der Waals surface area contributed by atoms with Crippen LogP contribution in [0.15, 0.2) is 59.5 Å². The van der Waals surface area contributed by atoms with Crippen LogP contribution in [0, 0.1) is 0 Å². The van der Waals surface area contributed by atoms with Crippen molar-refractivity contribution < 1.29 is 13.2 Å². The normalized spacial score (nSPS) is 12.2. The molecule has 0 unspecified atom stereocenters. The first kappa shape index (κ1) is 19.4. The summed E-state index contributed by atoms with van der Waals surface area (Å²) in [6, 6.07) is 11.4. The number of rotatable bonds is 2. The van der Waals surface area contributed by atoms with Crippen molar-refractivity contribution in [2.75, 3.05) is 0 Å². The molecule has 0 aliphatic carbocycles. The number of nitrogens with zero attached hydrogens (tertiary/aromatic N) is 4. The average Bonchev–Trinajstić information content (AvgIpc) is 3.28. The molecule has 1 N–H and O–H groups in total. The highest BCUT2D eigenvalue weighted by Gasteiger charge is 2.31. The zero-order chi connectivity index (χ0) is 21.9. The Labute approximate surface area is 177 Å². The van der Waals surface area contributed by atoms with Gasteiger partial charge in [0.05, 0.1) is 39.4 Å². The van der Waals surface area contributed by atoms with Gasteiger partial charge in [0.1, 0.15) is 0 Å². The van der Waals surface area contributed by atoms with Crippen molar-refractivity contribution in [1.29, 1.82) is 0 Å². The Hall–Kier alpha value is -3.59. The van der Waals surface area contributed by atoms with Crippen LogP contribution in [0.2, 0.25) is 5.02 Å². The number of pyridine rings is 1. The molecule has 5 aromatic rings. The number of aromatic amines is 1. The molecular weight excluding hydrogens is 431 g/mol. The standard InChI is InChI=1S/C21H13ClF3N5O/c1-29-19-15(10-26-29)18-16(20(31)30(28-18)14-7-5-13(22)6-8-14)17(27-19)11-3-2-4-12(9-11)21(23,24)25/h2-10,28H,1H3. The molecule has 5 rings (SSSR count). The summed E-state index contributed by atoms with van der Waals surface area (Å²) in [5.74, 6) is 0. The molecule has 0 bridgehead atoms. The molecule has 0 amide bonds. The van der Waals surface area contributed by atoms with Gasteiger partial charge in [-0.3, -0.25) is 14.6 Å². The van der Waals surface area contributed by atoms with Crippen molar-refractivity contribution >= 4 is 33.5 Å². The van der Waals surface area contributed by atoms with Gasteiger partial charge in [-0.1, -0.05) is 23.7 Å². The van der Waals surface area contributed by atoms with E-state index in [0.29, 0.717) is 27.3 Å². The van der Waals surface area contributed by atoms with Gasteiger partial charge in [-0.15, -0.1) is 0 Å². The third-order valence-electron chi connectivity index (χ3n) is 5.07. The number of aromatic nitrogens is 5. The molecule has 10 heteroatoms. The van der Waals surface area contributed by atoms with Crippen LogP contribution in [0.1, 0.15) is 5.56 Å². The molecule has 3 aromatic heterocycles. The summed E-state index contributed by atoms with van der Waals surface area (Å²) >= 11 is 5.94. The highest BCUT2D eigenvalue weighted by Crippen LogP contribution is 2.34. The van der Waals surface area contributed by atoms with Crippen molar-refractivity contribution in [1.82, 2.24) is 24.5 Å². The van der Waals surface area contributed by atoms with Crippen molar-refractivity contribution in [3.05, 3.63) is 75.7 Å². The quantitative estimate of drug-likeness (QED) is 0.420. The van der Waals surface area contributed by atoms with Crippen LogP contribution < -0.4 is 5.56 Å². The van der Waals surface area contributed by atoms with E-state index in [-0.39, 0.29) is 16.6 Å². The number of hydrogen-bond donors (Lipinski definition) is 1.